The lowest BCUT2D eigenvalue weighted by molar-refractivity contribution is -0.120. The molecule has 0 fully saturated rings. The number of carbonyl (C=O) groups excluding carboxylic acids is 1. The van der Waals surface area contributed by atoms with E-state index in [0.717, 1.165) is 22.6 Å². The molecule has 27 heavy (non-hydrogen) atoms. The third kappa shape index (κ3) is 5.21. The summed E-state index contributed by atoms with van der Waals surface area (Å²) in [5.74, 6) is 0.729. The Morgan fingerprint density at radius 1 is 1.00 bits per heavy atom. The molecule has 0 aliphatic rings. The normalized spacial score (nSPS) is 11.8. The summed E-state index contributed by atoms with van der Waals surface area (Å²) in [5.41, 5.74) is 3.26. The quantitative estimate of drug-likeness (QED) is 0.644. The number of benzene rings is 2. The molecule has 0 aliphatic heterocycles. The Balaban J connectivity index is 1.55. The molecule has 1 heterocycles. The summed E-state index contributed by atoms with van der Waals surface area (Å²) in [6.45, 7) is 0.709. The molecule has 3 aromatic rings. The van der Waals surface area contributed by atoms with Crippen molar-refractivity contribution >= 4 is 11.6 Å². The standard InChI is InChI=1S/C22H25N3O2/c1-25(2)19-12-10-17(11-13-19)15-23-21(26)16-24-22(20-9-6-14-27-20)18-7-4-3-5-8-18/h3-14,22,24H,15-16H2,1-2H3,(H,23,26)/t22-/m1/s1. The maximum absolute atomic E-state index is 12.3. The number of anilines is 1. The summed E-state index contributed by atoms with van der Waals surface area (Å²) in [6, 6.07) is 21.7. The van der Waals surface area contributed by atoms with E-state index in [9.17, 15) is 4.79 Å². The van der Waals surface area contributed by atoms with Crippen molar-refractivity contribution in [1.82, 2.24) is 10.6 Å². The highest BCUT2D eigenvalue weighted by atomic mass is 16.3. The molecule has 0 saturated heterocycles. The second kappa shape index (κ2) is 9.05. The Bertz CT molecular complexity index is 828. The van der Waals surface area contributed by atoms with Crippen molar-refractivity contribution in [2.45, 2.75) is 12.6 Å². The number of hydrogen-bond donors (Lipinski definition) is 2. The Labute approximate surface area is 160 Å². The van der Waals surface area contributed by atoms with E-state index in [1.807, 2.05) is 85.7 Å². The average Bonchev–Trinajstić information content (AvgIpc) is 3.22. The van der Waals surface area contributed by atoms with Crippen molar-refractivity contribution in [3.8, 4) is 0 Å². The van der Waals surface area contributed by atoms with Crippen molar-refractivity contribution < 1.29 is 9.21 Å². The first-order chi connectivity index (χ1) is 13.1. The summed E-state index contributed by atoms with van der Waals surface area (Å²) in [6.07, 6.45) is 1.64. The zero-order valence-corrected chi connectivity index (χ0v) is 15.7. The van der Waals surface area contributed by atoms with Gasteiger partial charge in [0, 0.05) is 26.3 Å². The van der Waals surface area contributed by atoms with Gasteiger partial charge in [0.05, 0.1) is 18.8 Å². The van der Waals surface area contributed by atoms with Crippen LogP contribution in [-0.4, -0.2) is 26.5 Å². The number of carbonyl (C=O) groups is 1. The number of rotatable bonds is 8. The topological polar surface area (TPSA) is 57.5 Å². The third-order valence-electron chi connectivity index (χ3n) is 4.37. The molecule has 1 amide bonds. The Morgan fingerprint density at radius 3 is 2.37 bits per heavy atom. The van der Waals surface area contributed by atoms with Crippen LogP contribution in [0, 0.1) is 0 Å². The van der Waals surface area contributed by atoms with Crippen LogP contribution >= 0.6 is 0 Å². The second-order valence-corrected chi connectivity index (χ2v) is 6.58. The molecule has 2 N–H and O–H groups in total. The Kier molecular flexibility index (Phi) is 6.28. The molecule has 1 aromatic heterocycles. The number of furan rings is 1. The van der Waals surface area contributed by atoms with Crippen molar-refractivity contribution in [2.24, 2.45) is 0 Å². The Morgan fingerprint density at radius 2 is 1.74 bits per heavy atom. The van der Waals surface area contributed by atoms with E-state index in [4.69, 9.17) is 4.42 Å². The fourth-order valence-corrected chi connectivity index (χ4v) is 2.85. The summed E-state index contributed by atoms with van der Waals surface area (Å²) >= 11 is 0. The van der Waals surface area contributed by atoms with Crippen LogP contribution in [0.2, 0.25) is 0 Å². The van der Waals surface area contributed by atoms with Crippen LogP contribution in [0.15, 0.2) is 77.4 Å². The molecule has 3 rings (SSSR count). The first-order valence-electron chi connectivity index (χ1n) is 8.98. The summed E-state index contributed by atoms with van der Waals surface area (Å²) in [5, 5.41) is 6.24. The van der Waals surface area contributed by atoms with Crippen LogP contribution < -0.4 is 15.5 Å². The number of nitrogens with zero attached hydrogens (tertiary/aromatic N) is 1. The minimum atomic E-state index is -0.161. The first-order valence-corrected chi connectivity index (χ1v) is 8.98. The lowest BCUT2D eigenvalue weighted by atomic mass is 10.0. The number of amides is 1. The van der Waals surface area contributed by atoms with E-state index in [0.29, 0.717) is 6.54 Å². The summed E-state index contributed by atoms with van der Waals surface area (Å²) in [7, 11) is 4.01. The van der Waals surface area contributed by atoms with E-state index in [1.165, 1.54) is 0 Å². The second-order valence-electron chi connectivity index (χ2n) is 6.58. The van der Waals surface area contributed by atoms with Gasteiger partial charge in [0.15, 0.2) is 0 Å². The molecule has 0 bridgehead atoms. The van der Waals surface area contributed by atoms with E-state index in [-0.39, 0.29) is 18.5 Å². The van der Waals surface area contributed by atoms with Crippen LogP contribution in [0.1, 0.15) is 22.9 Å². The highest BCUT2D eigenvalue weighted by Crippen LogP contribution is 2.22. The van der Waals surface area contributed by atoms with Crippen LogP contribution in [0.5, 0.6) is 0 Å². The zero-order valence-electron chi connectivity index (χ0n) is 15.7. The lowest BCUT2D eigenvalue weighted by Crippen LogP contribution is -2.35. The van der Waals surface area contributed by atoms with Crippen LogP contribution in [0.25, 0.3) is 0 Å². The summed E-state index contributed by atoms with van der Waals surface area (Å²) in [4.78, 5) is 14.3. The molecule has 0 saturated carbocycles. The zero-order chi connectivity index (χ0) is 19.1. The summed E-state index contributed by atoms with van der Waals surface area (Å²) < 4.78 is 5.54. The van der Waals surface area contributed by atoms with Crippen molar-refractivity contribution in [3.63, 3.8) is 0 Å². The van der Waals surface area contributed by atoms with Crippen molar-refractivity contribution in [1.29, 1.82) is 0 Å². The van der Waals surface area contributed by atoms with Gasteiger partial charge in [-0.3, -0.25) is 10.1 Å². The fourth-order valence-electron chi connectivity index (χ4n) is 2.85. The van der Waals surface area contributed by atoms with Gasteiger partial charge in [0.1, 0.15) is 5.76 Å². The number of hydrogen-bond acceptors (Lipinski definition) is 4. The molecule has 140 valence electrons. The molecular weight excluding hydrogens is 338 g/mol. The van der Waals surface area contributed by atoms with Crippen LogP contribution in [0.3, 0.4) is 0 Å². The van der Waals surface area contributed by atoms with E-state index >= 15 is 0 Å². The fraction of sp³-hybridized carbons (Fsp3) is 0.227. The van der Waals surface area contributed by atoms with E-state index in [1.54, 1.807) is 6.26 Å². The van der Waals surface area contributed by atoms with E-state index in [2.05, 4.69) is 10.6 Å². The molecule has 0 radical (unpaired) electrons. The maximum atomic E-state index is 12.3. The molecule has 0 aliphatic carbocycles. The average molecular weight is 363 g/mol. The molecule has 2 aromatic carbocycles. The molecule has 5 heteroatoms. The predicted molar refractivity (Wildman–Crippen MR) is 108 cm³/mol. The van der Waals surface area contributed by atoms with Gasteiger partial charge >= 0.3 is 0 Å². The molecule has 0 unspecified atom stereocenters. The highest BCUT2D eigenvalue weighted by molar-refractivity contribution is 5.78. The minimum absolute atomic E-state index is 0.0563. The minimum Gasteiger partial charge on any atom is -0.467 e. The maximum Gasteiger partial charge on any atom is 0.234 e. The molecule has 1 atom stereocenters. The van der Waals surface area contributed by atoms with Crippen molar-refractivity contribution in [3.05, 3.63) is 89.9 Å². The van der Waals surface area contributed by atoms with Crippen LogP contribution in [0.4, 0.5) is 5.69 Å². The van der Waals surface area contributed by atoms with Gasteiger partial charge in [0.25, 0.3) is 0 Å². The number of nitrogens with one attached hydrogen (secondary N) is 2. The lowest BCUT2D eigenvalue weighted by Gasteiger charge is -2.17. The van der Waals surface area contributed by atoms with Gasteiger partial charge in [-0.05, 0) is 35.4 Å². The highest BCUT2D eigenvalue weighted by Gasteiger charge is 2.17. The molecule has 0 spiro atoms. The van der Waals surface area contributed by atoms with Gasteiger partial charge in [-0.1, -0.05) is 42.5 Å². The van der Waals surface area contributed by atoms with Gasteiger partial charge in [-0.15, -0.1) is 0 Å². The monoisotopic (exact) mass is 363 g/mol. The predicted octanol–water partition coefficient (Wildman–Crippen LogP) is 3.34. The smallest absolute Gasteiger partial charge is 0.234 e. The van der Waals surface area contributed by atoms with E-state index < -0.39 is 0 Å². The largest absolute Gasteiger partial charge is 0.467 e. The SMILES string of the molecule is CN(C)c1ccc(CNC(=O)CN[C@H](c2ccccc2)c2ccco2)cc1. The van der Waals surface area contributed by atoms with Crippen LogP contribution in [-0.2, 0) is 11.3 Å². The van der Waals surface area contributed by atoms with Gasteiger partial charge in [-0.2, -0.15) is 0 Å². The van der Waals surface area contributed by atoms with Gasteiger partial charge in [-0.25, -0.2) is 0 Å². The van der Waals surface area contributed by atoms with Crippen molar-refractivity contribution in [2.75, 3.05) is 25.5 Å². The molecule has 5 nitrogen and oxygen atoms in total. The first kappa shape index (κ1) is 18.7. The van der Waals surface area contributed by atoms with Gasteiger partial charge in [0.2, 0.25) is 5.91 Å². The molecular formula is C22H25N3O2. The third-order valence-corrected chi connectivity index (χ3v) is 4.37. The van der Waals surface area contributed by atoms with Gasteiger partial charge < -0.3 is 14.6 Å². The Hall–Kier alpha value is -3.05.